The maximum Gasteiger partial charge on any atom is 0.237 e. The smallest absolute Gasteiger partial charge is 0.237 e. The van der Waals surface area contributed by atoms with Crippen LogP contribution in [0.5, 0.6) is 0 Å². The summed E-state index contributed by atoms with van der Waals surface area (Å²) in [6.45, 7) is 0.889. The molecule has 1 saturated heterocycles. The number of amides is 2. The first-order valence-corrected chi connectivity index (χ1v) is 6.22. The van der Waals surface area contributed by atoms with Crippen LogP contribution in [0.3, 0.4) is 0 Å². The Morgan fingerprint density at radius 3 is 2.90 bits per heavy atom. The molecule has 5 nitrogen and oxygen atoms in total. The van der Waals surface area contributed by atoms with Crippen LogP contribution < -0.4 is 11.1 Å². The van der Waals surface area contributed by atoms with Crippen molar-refractivity contribution in [3.8, 4) is 0 Å². The van der Waals surface area contributed by atoms with Gasteiger partial charge in [0.1, 0.15) is 0 Å². The number of nitrogens with two attached hydrogens (primary N) is 1. The van der Waals surface area contributed by atoms with Crippen LogP contribution in [0.15, 0.2) is 18.2 Å². The van der Waals surface area contributed by atoms with Crippen LogP contribution >= 0.6 is 0 Å². The van der Waals surface area contributed by atoms with Crippen molar-refractivity contribution in [3.05, 3.63) is 35.4 Å². The average Bonchev–Trinajstić information content (AvgIpc) is 2.38. The van der Waals surface area contributed by atoms with Gasteiger partial charge in [0.15, 0.2) is 11.6 Å². The van der Waals surface area contributed by atoms with E-state index in [1.165, 1.54) is 12.1 Å². The van der Waals surface area contributed by atoms with E-state index in [1.54, 1.807) is 4.90 Å². The summed E-state index contributed by atoms with van der Waals surface area (Å²) in [5.41, 5.74) is 5.26. The molecule has 0 saturated carbocycles. The molecule has 0 bridgehead atoms. The summed E-state index contributed by atoms with van der Waals surface area (Å²) >= 11 is 0. The predicted octanol–water partition coefficient (Wildman–Crippen LogP) is 0.141. The number of carbonyl (C=O) groups is 2. The Labute approximate surface area is 114 Å². The number of hydrogen-bond donors (Lipinski definition) is 2. The van der Waals surface area contributed by atoms with Crippen molar-refractivity contribution in [2.45, 2.75) is 19.0 Å². The van der Waals surface area contributed by atoms with Crippen LogP contribution in [0.4, 0.5) is 8.78 Å². The molecule has 1 aliphatic heterocycles. The second-order valence-electron chi connectivity index (χ2n) is 4.66. The minimum atomic E-state index is -0.935. The van der Waals surface area contributed by atoms with Gasteiger partial charge in [-0.25, -0.2) is 8.78 Å². The molecule has 20 heavy (non-hydrogen) atoms. The molecule has 1 fully saturated rings. The van der Waals surface area contributed by atoms with Gasteiger partial charge in [0.25, 0.3) is 0 Å². The van der Waals surface area contributed by atoms with Crippen LogP contribution in [0, 0.1) is 11.6 Å². The number of nitrogens with one attached hydrogen (secondary N) is 1. The van der Waals surface area contributed by atoms with E-state index in [1.807, 2.05) is 0 Å². The molecule has 1 aliphatic rings. The molecule has 2 amide bonds. The van der Waals surface area contributed by atoms with E-state index in [0.717, 1.165) is 6.07 Å². The zero-order chi connectivity index (χ0) is 14.7. The largest absolute Gasteiger partial charge is 0.370 e. The molecule has 0 radical (unpaired) electrons. The van der Waals surface area contributed by atoms with E-state index < -0.39 is 23.6 Å². The maximum atomic E-state index is 13.6. The summed E-state index contributed by atoms with van der Waals surface area (Å²) in [4.78, 5) is 24.4. The SMILES string of the molecule is NC(=O)C[C@@H]1C(=O)NCCN1Cc1cccc(F)c1F. The molecule has 1 aromatic carbocycles. The highest BCUT2D eigenvalue weighted by Gasteiger charge is 2.31. The van der Waals surface area contributed by atoms with Gasteiger partial charge < -0.3 is 11.1 Å². The number of carbonyl (C=O) groups excluding carboxylic acids is 2. The van der Waals surface area contributed by atoms with E-state index in [2.05, 4.69) is 5.32 Å². The highest BCUT2D eigenvalue weighted by molar-refractivity contribution is 5.88. The molecule has 0 unspecified atom stereocenters. The van der Waals surface area contributed by atoms with Gasteiger partial charge in [-0.15, -0.1) is 0 Å². The lowest BCUT2D eigenvalue weighted by molar-refractivity contribution is -0.133. The van der Waals surface area contributed by atoms with E-state index in [-0.39, 0.29) is 24.4 Å². The molecule has 1 aromatic rings. The fraction of sp³-hybridized carbons (Fsp3) is 0.385. The minimum Gasteiger partial charge on any atom is -0.370 e. The Bertz CT molecular complexity index is 536. The first-order valence-electron chi connectivity index (χ1n) is 6.22. The Morgan fingerprint density at radius 1 is 1.45 bits per heavy atom. The van der Waals surface area contributed by atoms with Crippen LogP contribution in [0.1, 0.15) is 12.0 Å². The number of primary amides is 1. The van der Waals surface area contributed by atoms with Crippen molar-refractivity contribution in [1.82, 2.24) is 10.2 Å². The van der Waals surface area contributed by atoms with E-state index >= 15 is 0 Å². The minimum absolute atomic E-state index is 0.0506. The molecular weight excluding hydrogens is 268 g/mol. The van der Waals surface area contributed by atoms with Crippen molar-refractivity contribution < 1.29 is 18.4 Å². The fourth-order valence-electron chi connectivity index (χ4n) is 2.25. The molecule has 0 aliphatic carbocycles. The lowest BCUT2D eigenvalue weighted by Crippen LogP contribution is -2.55. The van der Waals surface area contributed by atoms with Crippen molar-refractivity contribution in [2.24, 2.45) is 5.73 Å². The van der Waals surface area contributed by atoms with Crippen molar-refractivity contribution in [1.29, 1.82) is 0 Å². The third-order valence-corrected chi connectivity index (χ3v) is 3.24. The zero-order valence-corrected chi connectivity index (χ0v) is 10.7. The fourth-order valence-corrected chi connectivity index (χ4v) is 2.25. The Kier molecular flexibility index (Phi) is 4.29. The summed E-state index contributed by atoms with van der Waals surface area (Å²) in [6, 6.07) is 3.14. The average molecular weight is 283 g/mol. The standard InChI is InChI=1S/C13H15F2N3O2/c14-9-3-1-2-8(12(9)15)7-18-5-4-17-13(20)10(18)6-11(16)19/h1-3,10H,4-7H2,(H2,16,19)(H,17,20)/t10-/m1/s1. The van der Waals surface area contributed by atoms with Crippen molar-refractivity contribution in [3.63, 3.8) is 0 Å². The molecular formula is C13H15F2N3O2. The van der Waals surface area contributed by atoms with Crippen LogP contribution in [0.25, 0.3) is 0 Å². The molecule has 1 atom stereocenters. The summed E-state index contributed by atoms with van der Waals surface area (Å²) in [5.74, 6) is -2.81. The van der Waals surface area contributed by atoms with Gasteiger partial charge in [-0.1, -0.05) is 12.1 Å². The van der Waals surface area contributed by atoms with Gasteiger partial charge in [0, 0.05) is 25.2 Å². The topological polar surface area (TPSA) is 75.4 Å². The number of halogens is 2. The van der Waals surface area contributed by atoms with Gasteiger partial charge in [-0.2, -0.15) is 0 Å². The summed E-state index contributed by atoms with van der Waals surface area (Å²) in [7, 11) is 0. The van der Waals surface area contributed by atoms with E-state index in [0.29, 0.717) is 13.1 Å². The monoisotopic (exact) mass is 283 g/mol. The van der Waals surface area contributed by atoms with Gasteiger partial charge in [-0.3, -0.25) is 14.5 Å². The summed E-state index contributed by atoms with van der Waals surface area (Å²) < 4.78 is 26.8. The third kappa shape index (κ3) is 3.11. The van der Waals surface area contributed by atoms with Crippen molar-refractivity contribution >= 4 is 11.8 Å². The number of nitrogens with zero attached hydrogens (tertiary/aromatic N) is 1. The summed E-state index contributed by atoms with van der Waals surface area (Å²) in [6.07, 6.45) is -0.150. The van der Waals surface area contributed by atoms with Gasteiger partial charge in [-0.05, 0) is 6.07 Å². The van der Waals surface area contributed by atoms with Crippen molar-refractivity contribution in [2.75, 3.05) is 13.1 Å². The molecule has 0 aromatic heterocycles. The molecule has 7 heteroatoms. The Balaban J connectivity index is 2.18. The van der Waals surface area contributed by atoms with E-state index in [4.69, 9.17) is 5.73 Å². The predicted molar refractivity (Wildman–Crippen MR) is 67.4 cm³/mol. The van der Waals surface area contributed by atoms with Crippen LogP contribution in [0.2, 0.25) is 0 Å². The first-order chi connectivity index (χ1) is 9.49. The highest BCUT2D eigenvalue weighted by atomic mass is 19.2. The number of rotatable bonds is 4. The number of benzene rings is 1. The molecule has 3 N–H and O–H groups in total. The molecule has 108 valence electrons. The molecule has 0 spiro atoms. The lowest BCUT2D eigenvalue weighted by Gasteiger charge is -2.34. The number of hydrogen-bond acceptors (Lipinski definition) is 3. The normalized spacial score (nSPS) is 19.7. The Hall–Kier alpha value is -2.02. The van der Waals surface area contributed by atoms with Gasteiger partial charge in [0.2, 0.25) is 11.8 Å². The maximum absolute atomic E-state index is 13.6. The van der Waals surface area contributed by atoms with Gasteiger partial charge >= 0.3 is 0 Å². The summed E-state index contributed by atoms with van der Waals surface area (Å²) in [5, 5.41) is 2.62. The Morgan fingerprint density at radius 2 is 2.20 bits per heavy atom. The quantitative estimate of drug-likeness (QED) is 0.825. The molecule has 1 heterocycles. The first kappa shape index (κ1) is 14.4. The van der Waals surface area contributed by atoms with Gasteiger partial charge in [0.05, 0.1) is 12.5 Å². The second kappa shape index (κ2) is 5.96. The zero-order valence-electron chi connectivity index (χ0n) is 10.7. The highest BCUT2D eigenvalue weighted by Crippen LogP contribution is 2.17. The molecule has 2 rings (SSSR count). The third-order valence-electron chi connectivity index (χ3n) is 3.24. The second-order valence-corrected chi connectivity index (χ2v) is 4.66. The van der Waals surface area contributed by atoms with E-state index in [9.17, 15) is 18.4 Å². The van der Waals surface area contributed by atoms with Crippen LogP contribution in [-0.4, -0.2) is 35.8 Å². The van der Waals surface area contributed by atoms with Crippen LogP contribution in [-0.2, 0) is 16.1 Å². The lowest BCUT2D eigenvalue weighted by atomic mass is 10.1. The number of piperazine rings is 1.